The molecule has 0 spiro atoms. The highest BCUT2D eigenvalue weighted by Crippen LogP contribution is 2.19. The van der Waals surface area contributed by atoms with Crippen LogP contribution in [-0.2, 0) is 6.54 Å². The van der Waals surface area contributed by atoms with E-state index in [1.54, 1.807) is 6.07 Å². The van der Waals surface area contributed by atoms with Gasteiger partial charge in [-0.3, -0.25) is 9.48 Å². The topological polar surface area (TPSA) is 34.9 Å². The van der Waals surface area contributed by atoms with Gasteiger partial charge in [0, 0.05) is 21.6 Å². The third-order valence-corrected chi connectivity index (χ3v) is 3.78. The van der Waals surface area contributed by atoms with Crippen LogP contribution in [0.15, 0.2) is 53.1 Å². The molecule has 0 N–H and O–H groups in total. The first-order chi connectivity index (χ1) is 9.26. The van der Waals surface area contributed by atoms with Crippen LogP contribution in [0.4, 0.5) is 0 Å². The quantitative estimate of drug-likeness (QED) is 0.691. The van der Waals surface area contributed by atoms with Gasteiger partial charge in [0.1, 0.15) is 6.29 Å². The second kappa shape index (κ2) is 4.97. The Morgan fingerprint density at radius 3 is 2.84 bits per heavy atom. The van der Waals surface area contributed by atoms with Gasteiger partial charge in [0.05, 0.1) is 12.1 Å². The van der Waals surface area contributed by atoms with E-state index < -0.39 is 0 Å². The van der Waals surface area contributed by atoms with Crippen molar-refractivity contribution in [1.82, 2.24) is 9.78 Å². The zero-order chi connectivity index (χ0) is 13.2. The highest BCUT2D eigenvalue weighted by Gasteiger charge is 2.04. The molecule has 0 saturated heterocycles. The van der Waals surface area contributed by atoms with Gasteiger partial charge < -0.3 is 0 Å². The normalized spacial score (nSPS) is 10.8. The van der Waals surface area contributed by atoms with E-state index in [9.17, 15) is 4.79 Å². The van der Waals surface area contributed by atoms with Crippen molar-refractivity contribution < 1.29 is 4.79 Å². The number of hydrogen-bond acceptors (Lipinski definition) is 2. The molecular weight excluding hydrogens is 304 g/mol. The van der Waals surface area contributed by atoms with Gasteiger partial charge in [0.15, 0.2) is 0 Å². The van der Waals surface area contributed by atoms with Gasteiger partial charge in [0.2, 0.25) is 0 Å². The molecule has 0 amide bonds. The van der Waals surface area contributed by atoms with Crippen LogP contribution >= 0.6 is 15.9 Å². The average molecular weight is 315 g/mol. The maximum Gasteiger partial charge on any atom is 0.150 e. The molecule has 3 rings (SSSR count). The number of halogens is 1. The standard InChI is InChI=1S/C15H11BrN2O/c16-14-4-2-1-3-12(14)8-18-9-13-7-11(10-19)5-6-15(13)17-18/h1-7,9-10H,8H2. The molecular formula is C15H11BrN2O. The predicted octanol–water partition coefficient (Wildman–Crippen LogP) is 3.66. The highest BCUT2D eigenvalue weighted by molar-refractivity contribution is 9.10. The van der Waals surface area contributed by atoms with Gasteiger partial charge in [-0.2, -0.15) is 5.10 Å². The van der Waals surface area contributed by atoms with E-state index in [-0.39, 0.29) is 0 Å². The smallest absolute Gasteiger partial charge is 0.150 e. The molecule has 0 atom stereocenters. The molecule has 0 aliphatic heterocycles. The van der Waals surface area contributed by atoms with Crippen LogP contribution in [0.2, 0.25) is 0 Å². The van der Waals surface area contributed by atoms with E-state index in [1.165, 1.54) is 5.56 Å². The van der Waals surface area contributed by atoms with Gasteiger partial charge in [-0.1, -0.05) is 34.1 Å². The van der Waals surface area contributed by atoms with E-state index in [1.807, 2.05) is 41.2 Å². The number of carbonyl (C=O) groups excluding carboxylic acids is 1. The number of carbonyl (C=O) groups is 1. The lowest BCUT2D eigenvalue weighted by Gasteiger charge is -2.03. The maximum atomic E-state index is 10.8. The summed E-state index contributed by atoms with van der Waals surface area (Å²) in [7, 11) is 0. The molecule has 0 aliphatic rings. The van der Waals surface area contributed by atoms with Crippen molar-refractivity contribution in [2.45, 2.75) is 6.54 Å². The van der Waals surface area contributed by atoms with Crippen LogP contribution in [0, 0.1) is 0 Å². The summed E-state index contributed by atoms with van der Waals surface area (Å²) in [6, 6.07) is 13.6. The van der Waals surface area contributed by atoms with E-state index in [0.717, 1.165) is 21.7 Å². The summed E-state index contributed by atoms with van der Waals surface area (Å²) in [6.45, 7) is 0.701. The minimum Gasteiger partial charge on any atom is -0.298 e. The molecule has 19 heavy (non-hydrogen) atoms. The molecule has 2 aromatic carbocycles. The number of aromatic nitrogens is 2. The molecule has 3 nitrogen and oxygen atoms in total. The third kappa shape index (κ3) is 2.44. The summed E-state index contributed by atoms with van der Waals surface area (Å²) in [5.41, 5.74) is 2.75. The Morgan fingerprint density at radius 1 is 1.21 bits per heavy atom. The van der Waals surface area contributed by atoms with Gasteiger partial charge in [0.25, 0.3) is 0 Å². The largest absolute Gasteiger partial charge is 0.298 e. The molecule has 3 aromatic rings. The first-order valence-electron chi connectivity index (χ1n) is 5.92. The van der Waals surface area contributed by atoms with Gasteiger partial charge >= 0.3 is 0 Å². The van der Waals surface area contributed by atoms with Crippen LogP contribution in [0.25, 0.3) is 10.9 Å². The van der Waals surface area contributed by atoms with E-state index in [0.29, 0.717) is 12.1 Å². The number of fused-ring (bicyclic) bond motifs is 1. The van der Waals surface area contributed by atoms with Crippen LogP contribution in [0.5, 0.6) is 0 Å². The SMILES string of the molecule is O=Cc1ccc2nn(Cc3ccccc3Br)cc2c1. The minimum atomic E-state index is 0.674. The van der Waals surface area contributed by atoms with Crippen LogP contribution in [0.3, 0.4) is 0 Å². The Kier molecular flexibility index (Phi) is 3.17. The minimum absolute atomic E-state index is 0.674. The van der Waals surface area contributed by atoms with Gasteiger partial charge in [-0.15, -0.1) is 0 Å². The van der Waals surface area contributed by atoms with Crippen LogP contribution in [0.1, 0.15) is 15.9 Å². The Labute approximate surface area is 119 Å². The van der Waals surface area contributed by atoms with Crippen molar-refractivity contribution in [3.63, 3.8) is 0 Å². The second-order valence-corrected chi connectivity index (χ2v) is 5.21. The molecule has 1 aromatic heterocycles. The average Bonchev–Trinajstić information content (AvgIpc) is 2.82. The lowest BCUT2D eigenvalue weighted by Crippen LogP contribution is -2.00. The number of aldehydes is 1. The molecule has 0 radical (unpaired) electrons. The Morgan fingerprint density at radius 2 is 2.05 bits per heavy atom. The molecule has 94 valence electrons. The Bertz CT molecular complexity index is 749. The monoisotopic (exact) mass is 314 g/mol. The van der Waals surface area contributed by atoms with E-state index in [2.05, 4.69) is 27.1 Å². The fraction of sp³-hybridized carbons (Fsp3) is 0.0667. The van der Waals surface area contributed by atoms with Crippen molar-refractivity contribution in [3.8, 4) is 0 Å². The van der Waals surface area contributed by atoms with Gasteiger partial charge in [-0.05, 0) is 29.8 Å². The van der Waals surface area contributed by atoms with Crippen molar-refractivity contribution in [1.29, 1.82) is 0 Å². The molecule has 4 heteroatoms. The second-order valence-electron chi connectivity index (χ2n) is 4.35. The van der Waals surface area contributed by atoms with Gasteiger partial charge in [-0.25, -0.2) is 0 Å². The maximum absolute atomic E-state index is 10.8. The lowest BCUT2D eigenvalue weighted by atomic mass is 10.2. The van der Waals surface area contributed by atoms with Crippen LogP contribution < -0.4 is 0 Å². The zero-order valence-corrected chi connectivity index (χ0v) is 11.7. The summed E-state index contributed by atoms with van der Waals surface area (Å²) in [6.07, 6.45) is 2.81. The van der Waals surface area contributed by atoms with Crippen molar-refractivity contribution in [2.75, 3.05) is 0 Å². The Balaban J connectivity index is 1.98. The first kappa shape index (κ1) is 12.1. The van der Waals surface area contributed by atoms with E-state index in [4.69, 9.17) is 0 Å². The summed E-state index contributed by atoms with van der Waals surface area (Å²) in [5, 5.41) is 5.49. The van der Waals surface area contributed by atoms with Crippen molar-refractivity contribution in [2.24, 2.45) is 0 Å². The number of nitrogens with zero attached hydrogens (tertiary/aromatic N) is 2. The molecule has 1 heterocycles. The fourth-order valence-electron chi connectivity index (χ4n) is 2.05. The van der Waals surface area contributed by atoms with Crippen molar-refractivity contribution in [3.05, 3.63) is 64.3 Å². The summed E-state index contributed by atoms with van der Waals surface area (Å²) >= 11 is 3.53. The fourth-order valence-corrected chi connectivity index (χ4v) is 2.46. The van der Waals surface area contributed by atoms with E-state index >= 15 is 0 Å². The summed E-state index contributed by atoms with van der Waals surface area (Å²) in [4.78, 5) is 10.8. The lowest BCUT2D eigenvalue weighted by molar-refractivity contribution is 0.112. The molecule has 0 saturated carbocycles. The van der Waals surface area contributed by atoms with Crippen molar-refractivity contribution >= 4 is 33.1 Å². The predicted molar refractivity (Wildman–Crippen MR) is 78.4 cm³/mol. The molecule has 0 fully saturated rings. The summed E-state index contributed by atoms with van der Waals surface area (Å²) in [5.74, 6) is 0. The van der Waals surface area contributed by atoms with Crippen LogP contribution in [-0.4, -0.2) is 16.1 Å². The first-order valence-corrected chi connectivity index (χ1v) is 6.71. The third-order valence-electron chi connectivity index (χ3n) is 3.00. The molecule has 0 aliphatic carbocycles. The highest BCUT2D eigenvalue weighted by atomic mass is 79.9. The number of rotatable bonds is 3. The Hall–Kier alpha value is -1.94. The number of hydrogen-bond donors (Lipinski definition) is 0. The molecule has 0 bridgehead atoms. The molecule has 0 unspecified atom stereocenters. The number of benzene rings is 2. The zero-order valence-electron chi connectivity index (χ0n) is 10.1. The summed E-state index contributed by atoms with van der Waals surface area (Å²) < 4.78 is 2.96.